The summed E-state index contributed by atoms with van der Waals surface area (Å²) < 4.78 is 72.3. The van der Waals surface area contributed by atoms with Crippen LogP contribution in [0.25, 0.3) is 0 Å². The van der Waals surface area contributed by atoms with Crippen molar-refractivity contribution in [3.05, 3.63) is 67.0 Å². The molecule has 0 fully saturated rings. The first kappa shape index (κ1) is 23.9. The molecule has 3 rings (SSSR count). The van der Waals surface area contributed by atoms with Crippen molar-refractivity contribution in [1.29, 1.82) is 0 Å². The average Bonchev–Trinajstić information content (AvgIpc) is 2.75. The number of aromatic nitrogens is 2. The highest BCUT2D eigenvalue weighted by Gasteiger charge is 2.31. The molecule has 174 valence electrons. The van der Waals surface area contributed by atoms with Crippen molar-refractivity contribution in [2.45, 2.75) is 17.7 Å². The van der Waals surface area contributed by atoms with Crippen LogP contribution in [0.5, 0.6) is 17.5 Å². The molecule has 1 aromatic heterocycles. The van der Waals surface area contributed by atoms with Crippen LogP contribution in [0.4, 0.5) is 18.9 Å². The molecule has 1 amide bonds. The van der Waals surface area contributed by atoms with Crippen molar-refractivity contribution in [3.63, 3.8) is 0 Å². The van der Waals surface area contributed by atoms with Gasteiger partial charge in [0.1, 0.15) is 11.5 Å². The summed E-state index contributed by atoms with van der Waals surface area (Å²) in [6.45, 7) is -0.221. The van der Waals surface area contributed by atoms with E-state index in [9.17, 15) is 26.4 Å². The minimum absolute atomic E-state index is 0.170. The summed E-state index contributed by atoms with van der Waals surface area (Å²) >= 11 is 0. The number of ether oxygens (including phenoxy) is 2. The number of hydrogen-bond acceptors (Lipinski definition) is 7. The van der Waals surface area contributed by atoms with E-state index in [0.717, 1.165) is 24.3 Å². The van der Waals surface area contributed by atoms with Crippen molar-refractivity contribution >= 4 is 21.6 Å². The molecule has 0 spiro atoms. The van der Waals surface area contributed by atoms with Gasteiger partial charge in [-0.1, -0.05) is 0 Å². The topological polar surface area (TPSA) is 120 Å². The van der Waals surface area contributed by atoms with Crippen molar-refractivity contribution in [1.82, 2.24) is 14.7 Å². The lowest BCUT2D eigenvalue weighted by Gasteiger charge is -2.10. The second-order valence-electron chi connectivity index (χ2n) is 6.37. The number of rotatable bonds is 9. The number of hydrogen-bond donors (Lipinski definition) is 2. The molecule has 3 aromatic rings. The molecule has 0 aliphatic rings. The van der Waals surface area contributed by atoms with Crippen molar-refractivity contribution in [2.24, 2.45) is 0 Å². The molecule has 0 bridgehead atoms. The first-order chi connectivity index (χ1) is 15.6. The standard InChI is InChI=1S/C20H17F3N4O5S/c21-20(22,23)32-16-6-8-17(9-7-16)33(29,30)26-13-10-18(28)27-14-2-4-15(5-3-14)31-19-24-11-1-12-25-19/h1-9,11-12,26H,10,13H2,(H,27,28). The third-order valence-corrected chi connectivity index (χ3v) is 5.38. The fourth-order valence-corrected chi connectivity index (χ4v) is 3.51. The van der Waals surface area contributed by atoms with Gasteiger partial charge in [-0.25, -0.2) is 23.1 Å². The first-order valence-electron chi connectivity index (χ1n) is 9.31. The Morgan fingerprint density at radius 1 is 0.939 bits per heavy atom. The van der Waals surface area contributed by atoms with E-state index in [0.29, 0.717) is 11.4 Å². The molecular formula is C20H17F3N4O5S. The van der Waals surface area contributed by atoms with Crippen molar-refractivity contribution < 1.29 is 35.9 Å². The lowest BCUT2D eigenvalue weighted by molar-refractivity contribution is -0.274. The molecule has 0 unspecified atom stereocenters. The van der Waals surface area contributed by atoms with E-state index < -0.39 is 28.0 Å². The third-order valence-electron chi connectivity index (χ3n) is 3.90. The van der Waals surface area contributed by atoms with Gasteiger partial charge >= 0.3 is 12.4 Å². The second-order valence-corrected chi connectivity index (χ2v) is 8.14. The molecule has 0 aliphatic carbocycles. The van der Waals surface area contributed by atoms with Crippen LogP contribution in [0, 0.1) is 0 Å². The molecule has 0 aliphatic heterocycles. The maximum absolute atomic E-state index is 12.2. The summed E-state index contributed by atoms with van der Waals surface area (Å²) in [7, 11) is -4.02. The monoisotopic (exact) mass is 482 g/mol. The van der Waals surface area contributed by atoms with E-state index in [1.807, 2.05) is 0 Å². The second kappa shape index (κ2) is 10.3. The van der Waals surface area contributed by atoms with Gasteiger partial charge in [-0.3, -0.25) is 4.79 Å². The third kappa shape index (κ3) is 7.73. The number of nitrogens with one attached hydrogen (secondary N) is 2. The van der Waals surface area contributed by atoms with Crippen LogP contribution in [0.3, 0.4) is 0 Å². The van der Waals surface area contributed by atoms with Gasteiger partial charge in [0.25, 0.3) is 0 Å². The smallest absolute Gasteiger partial charge is 0.424 e. The summed E-state index contributed by atoms with van der Waals surface area (Å²) in [5, 5.41) is 2.60. The summed E-state index contributed by atoms with van der Waals surface area (Å²) in [6, 6.07) is 11.9. The van der Waals surface area contributed by atoms with Gasteiger partial charge in [0.2, 0.25) is 15.9 Å². The van der Waals surface area contributed by atoms with E-state index in [1.54, 1.807) is 30.3 Å². The minimum Gasteiger partial charge on any atom is -0.424 e. The zero-order valence-corrected chi connectivity index (χ0v) is 17.6. The Morgan fingerprint density at radius 3 is 2.15 bits per heavy atom. The highest BCUT2D eigenvalue weighted by molar-refractivity contribution is 7.89. The number of carbonyl (C=O) groups is 1. The van der Waals surface area contributed by atoms with Crippen LogP contribution < -0.4 is 19.5 Å². The minimum atomic E-state index is -4.88. The van der Waals surface area contributed by atoms with Crippen molar-refractivity contribution in [2.75, 3.05) is 11.9 Å². The number of benzene rings is 2. The number of anilines is 1. The van der Waals surface area contributed by atoms with E-state index >= 15 is 0 Å². The number of carbonyl (C=O) groups excluding carboxylic acids is 1. The van der Waals surface area contributed by atoms with Crippen LogP contribution in [-0.2, 0) is 14.8 Å². The number of amides is 1. The van der Waals surface area contributed by atoms with Gasteiger partial charge in [0, 0.05) is 31.0 Å². The lowest BCUT2D eigenvalue weighted by atomic mass is 10.3. The summed E-state index contributed by atoms with van der Waals surface area (Å²) in [5.41, 5.74) is 0.462. The van der Waals surface area contributed by atoms with Gasteiger partial charge in [0.15, 0.2) is 0 Å². The quantitative estimate of drug-likeness (QED) is 0.479. The predicted molar refractivity (Wildman–Crippen MR) is 110 cm³/mol. The van der Waals surface area contributed by atoms with Gasteiger partial charge in [-0.2, -0.15) is 0 Å². The van der Waals surface area contributed by atoms with Crippen LogP contribution in [0.15, 0.2) is 71.9 Å². The molecular weight excluding hydrogens is 465 g/mol. The van der Waals surface area contributed by atoms with Crippen LogP contribution >= 0.6 is 0 Å². The van der Waals surface area contributed by atoms with E-state index in [4.69, 9.17) is 4.74 Å². The maximum atomic E-state index is 12.2. The summed E-state index contributed by atoms with van der Waals surface area (Å²) in [5.74, 6) is -0.543. The molecule has 33 heavy (non-hydrogen) atoms. The summed E-state index contributed by atoms with van der Waals surface area (Å²) in [6.07, 6.45) is -1.99. The SMILES string of the molecule is O=C(CCNS(=O)(=O)c1ccc(OC(F)(F)F)cc1)Nc1ccc(Oc2ncccn2)cc1. The molecule has 0 saturated carbocycles. The fraction of sp³-hybridized carbons (Fsp3) is 0.150. The Labute approximate surface area is 186 Å². The molecule has 0 atom stereocenters. The number of nitrogens with zero attached hydrogens (tertiary/aromatic N) is 2. The molecule has 0 saturated heterocycles. The molecule has 13 heteroatoms. The van der Waals surface area contributed by atoms with Gasteiger partial charge in [0.05, 0.1) is 4.90 Å². The first-order valence-corrected chi connectivity index (χ1v) is 10.8. The van der Waals surface area contributed by atoms with Crippen LogP contribution in [0.1, 0.15) is 6.42 Å². The average molecular weight is 482 g/mol. The largest absolute Gasteiger partial charge is 0.573 e. The number of halogens is 3. The molecule has 2 N–H and O–H groups in total. The van der Waals surface area contributed by atoms with Crippen LogP contribution in [0.2, 0.25) is 0 Å². The zero-order valence-electron chi connectivity index (χ0n) is 16.7. The fourth-order valence-electron chi connectivity index (χ4n) is 2.48. The maximum Gasteiger partial charge on any atom is 0.573 e. The highest BCUT2D eigenvalue weighted by Crippen LogP contribution is 2.24. The number of sulfonamides is 1. The molecule has 2 aromatic carbocycles. The molecule has 0 radical (unpaired) electrons. The number of alkyl halides is 3. The lowest BCUT2D eigenvalue weighted by Crippen LogP contribution is -2.27. The van der Waals surface area contributed by atoms with Gasteiger partial charge in [-0.05, 0) is 54.6 Å². The van der Waals surface area contributed by atoms with E-state index in [1.165, 1.54) is 12.4 Å². The van der Waals surface area contributed by atoms with E-state index in [-0.39, 0.29) is 23.9 Å². The zero-order chi connectivity index (χ0) is 23.9. The normalized spacial score (nSPS) is 11.6. The Bertz CT molecular complexity index is 1170. The molecule has 1 heterocycles. The van der Waals surface area contributed by atoms with Crippen LogP contribution in [-0.4, -0.2) is 37.2 Å². The predicted octanol–water partition coefficient (Wildman–Crippen LogP) is 3.47. The van der Waals surface area contributed by atoms with Gasteiger partial charge < -0.3 is 14.8 Å². The van der Waals surface area contributed by atoms with Gasteiger partial charge in [-0.15, -0.1) is 13.2 Å². The van der Waals surface area contributed by atoms with Crippen molar-refractivity contribution in [3.8, 4) is 17.5 Å². The summed E-state index contributed by atoms with van der Waals surface area (Å²) in [4.78, 5) is 19.7. The highest BCUT2D eigenvalue weighted by atomic mass is 32.2. The Morgan fingerprint density at radius 2 is 1.55 bits per heavy atom. The van der Waals surface area contributed by atoms with E-state index in [2.05, 4.69) is 24.7 Å². The molecule has 9 nitrogen and oxygen atoms in total. The Kier molecular flexibility index (Phi) is 7.45. The Hall–Kier alpha value is -3.71. The Balaban J connectivity index is 1.46.